The minimum atomic E-state index is -0.387. The molecule has 0 aliphatic heterocycles. The van der Waals surface area contributed by atoms with E-state index in [9.17, 15) is 4.79 Å². The number of aldehydes is 1. The molecular formula is C16H18O5S. The van der Waals surface area contributed by atoms with E-state index >= 15 is 0 Å². The number of aliphatic hydroxyl groups excluding tert-OH is 2. The Bertz CT molecular complexity index is 605. The number of thiophene rings is 1. The Morgan fingerprint density at radius 2 is 2.05 bits per heavy atom. The molecule has 0 saturated heterocycles. The first kappa shape index (κ1) is 16.5. The van der Waals surface area contributed by atoms with E-state index in [1.165, 1.54) is 0 Å². The van der Waals surface area contributed by atoms with Crippen LogP contribution < -0.4 is 9.47 Å². The molecule has 6 heteroatoms. The predicted molar refractivity (Wildman–Crippen MR) is 84.9 cm³/mol. The van der Waals surface area contributed by atoms with Crippen molar-refractivity contribution in [2.24, 2.45) is 5.92 Å². The highest BCUT2D eigenvalue weighted by Gasteiger charge is 2.15. The number of ether oxygens (including phenoxy) is 2. The number of benzene rings is 1. The molecule has 22 heavy (non-hydrogen) atoms. The lowest BCUT2D eigenvalue weighted by atomic mass is 10.1. The lowest BCUT2D eigenvalue weighted by Gasteiger charge is -2.16. The van der Waals surface area contributed by atoms with Gasteiger partial charge >= 0.3 is 0 Å². The SMILES string of the molecule is COc1cc(OCC(CO)CO)c(C=O)cc1-c1cccs1. The molecule has 1 heterocycles. The molecule has 0 aliphatic rings. The van der Waals surface area contributed by atoms with Gasteiger partial charge < -0.3 is 19.7 Å². The minimum Gasteiger partial charge on any atom is -0.496 e. The van der Waals surface area contributed by atoms with Gasteiger partial charge in [-0.05, 0) is 17.5 Å². The Morgan fingerprint density at radius 1 is 1.27 bits per heavy atom. The smallest absolute Gasteiger partial charge is 0.153 e. The normalized spacial score (nSPS) is 10.7. The average Bonchev–Trinajstić information content (AvgIpc) is 3.09. The fraction of sp³-hybridized carbons (Fsp3) is 0.312. The Morgan fingerprint density at radius 3 is 2.59 bits per heavy atom. The van der Waals surface area contributed by atoms with Crippen molar-refractivity contribution in [2.75, 3.05) is 26.9 Å². The van der Waals surface area contributed by atoms with Crippen molar-refractivity contribution in [3.8, 4) is 21.9 Å². The Hall–Kier alpha value is -1.89. The highest BCUT2D eigenvalue weighted by molar-refractivity contribution is 7.13. The quantitative estimate of drug-likeness (QED) is 0.729. The molecule has 1 aromatic carbocycles. The Balaban J connectivity index is 2.33. The zero-order valence-electron chi connectivity index (χ0n) is 12.2. The molecule has 2 rings (SSSR count). The van der Waals surface area contributed by atoms with Crippen LogP contribution >= 0.6 is 11.3 Å². The summed E-state index contributed by atoms with van der Waals surface area (Å²) < 4.78 is 10.9. The summed E-state index contributed by atoms with van der Waals surface area (Å²) in [5, 5.41) is 20.1. The summed E-state index contributed by atoms with van der Waals surface area (Å²) in [4.78, 5) is 12.3. The minimum absolute atomic E-state index is 0.120. The van der Waals surface area contributed by atoms with Crippen molar-refractivity contribution >= 4 is 17.6 Å². The molecule has 2 aromatic rings. The molecular weight excluding hydrogens is 304 g/mol. The van der Waals surface area contributed by atoms with Gasteiger partial charge in [-0.3, -0.25) is 4.79 Å². The Labute approximate surface area is 132 Å². The summed E-state index contributed by atoms with van der Waals surface area (Å²) in [5.74, 6) is 0.592. The second kappa shape index (κ2) is 7.93. The van der Waals surface area contributed by atoms with Crippen molar-refractivity contribution in [1.29, 1.82) is 0 Å². The van der Waals surface area contributed by atoms with E-state index in [1.54, 1.807) is 30.6 Å². The lowest BCUT2D eigenvalue weighted by Crippen LogP contribution is -2.20. The molecule has 0 unspecified atom stereocenters. The van der Waals surface area contributed by atoms with Crippen LogP contribution in [0.2, 0.25) is 0 Å². The van der Waals surface area contributed by atoms with Gasteiger partial charge in [-0.2, -0.15) is 0 Å². The van der Waals surface area contributed by atoms with Crippen LogP contribution in [0.15, 0.2) is 29.6 Å². The van der Waals surface area contributed by atoms with E-state index in [1.807, 2.05) is 17.5 Å². The molecule has 5 nitrogen and oxygen atoms in total. The molecule has 2 N–H and O–H groups in total. The Kier molecular flexibility index (Phi) is 5.94. The van der Waals surface area contributed by atoms with Crippen LogP contribution in [0.4, 0.5) is 0 Å². The number of hydrogen-bond donors (Lipinski definition) is 2. The zero-order chi connectivity index (χ0) is 15.9. The third kappa shape index (κ3) is 3.65. The third-order valence-corrected chi connectivity index (χ3v) is 4.14. The monoisotopic (exact) mass is 322 g/mol. The fourth-order valence-corrected chi connectivity index (χ4v) is 2.71. The summed E-state index contributed by atoms with van der Waals surface area (Å²) in [6.07, 6.45) is 0.721. The molecule has 0 aliphatic carbocycles. The molecule has 118 valence electrons. The second-order valence-corrected chi connectivity index (χ2v) is 5.68. The predicted octanol–water partition coefficient (Wildman–Crippen LogP) is 2.22. The number of rotatable bonds is 8. The van der Waals surface area contributed by atoms with E-state index in [0.29, 0.717) is 17.1 Å². The first-order valence-electron chi connectivity index (χ1n) is 6.79. The molecule has 0 bridgehead atoms. The fourth-order valence-electron chi connectivity index (χ4n) is 1.96. The van der Waals surface area contributed by atoms with Crippen molar-refractivity contribution in [2.45, 2.75) is 0 Å². The summed E-state index contributed by atoms with van der Waals surface area (Å²) in [6.45, 7) is -0.246. The van der Waals surface area contributed by atoms with Gasteiger partial charge in [0.2, 0.25) is 0 Å². The van der Waals surface area contributed by atoms with Gasteiger partial charge in [0.15, 0.2) is 6.29 Å². The second-order valence-electron chi connectivity index (χ2n) is 4.73. The molecule has 1 aromatic heterocycles. The topological polar surface area (TPSA) is 76.0 Å². The van der Waals surface area contributed by atoms with Crippen molar-refractivity contribution in [1.82, 2.24) is 0 Å². The lowest BCUT2D eigenvalue weighted by molar-refractivity contribution is 0.104. The van der Waals surface area contributed by atoms with Crippen LogP contribution in [0.3, 0.4) is 0 Å². The maximum atomic E-state index is 11.3. The van der Waals surface area contributed by atoms with Crippen LogP contribution in [0.1, 0.15) is 10.4 Å². The highest BCUT2D eigenvalue weighted by atomic mass is 32.1. The molecule has 0 spiro atoms. The first-order valence-corrected chi connectivity index (χ1v) is 7.67. The van der Waals surface area contributed by atoms with Gasteiger partial charge in [0.25, 0.3) is 0 Å². The average molecular weight is 322 g/mol. The number of methoxy groups -OCH3 is 1. The summed E-state index contributed by atoms with van der Waals surface area (Å²) >= 11 is 1.55. The zero-order valence-corrected chi connectivity index (χ0v) is 13.0. The summed E-state index contributed by atoms with van der Waals surface area (Å²) in [6, 6.07) is 7.26. The van der Waals surface area contributed by atoms with Gasteiger partial charge in [0.1, 0.15) is 11.5 Å². The number of carbonyl (C=O) groups excluding carboxylic acids is 1. The first-order chi connectivity index (χ1) is 10.7. The van der Waals surface area contributed by atoms with E-state index in [2.05, 4.69) is 0 Å². The number of hydrogen-bond acceptors (Lipinski definition) is 6. The van der Waals surface area contributed by atoms with Gasteiger partial charge in [-0.1, -0.05) is 6.07 Å². The van der Waals surface area contributed by atoms with Gasteiger partial charge in [-0.25, -0.2) is 0 Å². The third-order valence-electron chi connectivity index (χ3n) is 3.24. The van der Waals surface area contributed by atoms with Crippen LogP contribution in [-0.2, 0) is 0 Å². The van der Waals surface area contributed by atoms with E-state index in [4.69, 9.17) is 19.7 Å². The van der Waals surface area contributed by atoms with Crippen LogP contribution in [0, 0.1) is 5.92 Å². The summed E-state index contributed by atoms with van der Waals surface area (Å²) in [5.41, 5.74) is 1.23. The molecule has 0 amide bonds. The van der Waals surface area contributed by atoms with Gasteiger partial charge in [-0.15, -0.1) is 11.3 Å². The maximum absolute atomic E-state index is 11.3. The van der Waals surface area contributed by atoms with Crippen molar-refractivity contribution in [3.05, 3.63) is 35.2 Å². The maximum Gasteiger partial charge on any atom is 0.153 e. The van der Waals surface area contributed by atoms with Crippen molar-refractivity contribution < 1.29 is 24.5 Å². The molecule has 0 radical (unpaired) electrons. The van der Waals surface area contributed by atoms with Crippen LogP contribution in [0.25, 0.3) is 10.4 Å². The highest BCUT2D eigenvalue weighted by Crippen LogP contribution is 2.37. The molecule has 0 saturated carbocycles. The van der Waals surface area contributed by atoms with Gasteiger partial charge in [0, 0.05) is 22.4 Å². The molecule has 0 fully saturated rings. The van der Waals surface area contributed by atoms with E-state index in [0.717, 1.165) is 16.7 Å². The summed E-state index contributed by atoms with van der Waals surface area (Å²) in [7, 11) is 1.56. The van der Waals surface area contributed by atoms with Gasteiger partial charge in [0.05, 0.1) is 32.5 Å². The standard InChI is InChI=1S/C16H18O5S/c1-20-15-6-14(21-10-11(7-17)8-18)12(9-19)5-13(15)16-3-2-4-22-16/h2-6,9,11,17-18H,7-8,10H2,1H3. The largest absolute Gasteiger partial charge is 0.496 e. The number of aliphatic hydroxyl groups is 2. The van der Waals surface area contributed by atoms with Crippen LogP contribution in [-0.4, -0.2) is 43.4 Å². The number of carbonyl (C=O) groups is 1. The van der Waals surface area contributed by atoms with Crippen LogP contribution in [0.5, 0.6) is 11.5 Å². The molecule has 0 atom stereocenters. The van der Waals surface area contributed by atoms with Crippen molar-refractivity contribution in [3.63, 3.8) is 0 Å². The van der Waals surface area contributed by atoms with E-state index in [-0.39, 0.29) is 25.7 Å². The van der Waals surface area contributed by atoms with E-state index < -0.39 is 0 Å².